The van der Waals surface area contributed by atoms with Crippen LogP contribution in [0, 0.1) is 11.3 Å². The highest BCUT2D eigenvalue weighted by atomic mass is 16.5. The number of hydrogen-bond acceptors (Lipinski definition) is 4. The highest BCUT2D eigenvalue weighted by molar-refractivity contribution is 5.89. The Labute approximate surface area is 153 Å². The second-order valence-electron chi connectivity index (χ2n) is 6.16. The van der Waals surface area contributed by atoms with Crippen LogP contribution >= 0.6 is 0 Å². The molecule has 0 amide bonds. The maximum absolute atomic E-state index is 11.9. The summed E-state index contributed by atoms with van der Waals surface area (Å²) in [6, 6.07) is 10.4. The molecule has 1 aromatic carbocycles. The number of carbonyl (C=O) groups excluding carboxylic acids is 1. The van der Waals surface area contributed by atoms with E-state index in [1.807, 2.05) is 24.3 Å². The molecule has 0 saturated heterocycles. The Kier molecular flexibility index (Phi) is 5.60. The molecule has 0 radical (unpaired) electrons. The molecule has 1 aliphatic carbocycles. The second-order valence-corrected chi connectivity index (χ2v) is 6.16. The normalized spacial score (nSPS) is 13.0. The van der Waals surface area contributed by atoms with E-state index in [9.17, 15) is 4.79 Å². The van der Waals surface area contributed by atoms with Gasteiger partial charge < -0.3 is 4.74 Å². The molecule has 0 saturated carbocycles. The highest BCUT2D eigenvalue weighted by Gasteiger charge is 2.09. The standard InChI is InChI=1S/C22H20N2O2/c1-2-26-22(25)21-12-18(14-24-15-21)10-17-7-8-19-5-3-4-16(13-23)6-9-20(19)11-17/h4,6-9,11-12,14-15H,2-3,5,10H2,1H3. The zero-order valence-corrected chi connectivity index (χ0v) is 14.7. The number of nitriles is 1. The average Bonchev–Trinajstić information content (AvgIpc) is 2.64. The largest absolute Gasteiger partial charge is 0.462 e. The van der Waals surface area contributed by atoms with Gasteiger partial charge in [-0.25, -0.2) is 4.79 Å². The number of benzene rings is 1. The van der Waals surface area contributed by atoms with Gasteiger partial charge in [-0.15, -0.1) is 0 Å². The zero-order chi connectivity index (χ0) is 18.4. The number of pyridine rings is 1. The van der Waals surface area contributed by atoms with E-state index < -0.39 is 0 Å². The van der Waals surface area contributed by atoms with E-state index in [0.29, 0.717) is 24.2 Å². The molecule has 1 aliphatic rings. The molecule has 0 bridgehead atoms. The van der Waals surface area contributed by atoms with Gasteiger partial charge in [0, 0.05) is 18.0 Å². The minimum absolute atomic E-state index is 0.347. The molecule has 0 N–H and O–H groups in total. The molecule has 3 rings (SSSR count). The number of allylic oxidation sites excluding steroid dienone is 3. The summed E-state index contributed by atoms with van der Waals surface area (Å²) in [5.41, 5.74) is 5.68. The number of aromatic nitrogens is 1. The number of aryl methyl sites for hydroxylation is 1. The molecule has 1 aromatic heterocycles. The van der Waals surface area contributed by atoms with Crippen molar-refractivity contribution in [1.82, 2.24) is 4.98 Å². The van der Waals surface area contributed by atoms with Crippen LogP contribution in [0.25, 0.3) is 6.08 Å². The van der Waals surface area contributed by atoms with E-state index in [0.717, 1.165) is 29.5 Å². The summed E-state index contributed by atoms with van der Waals surface area (Å²) in [6.45, 7) is 2.13. The molecule has 1 heterocycles. The van der Waals surface area contributed by atoms with Crippen LogP contribution in [-0.2, 0) is 17.6 Å². The molecule has 26 heavy (non-hydrogen) atoms. The Bertz CT molecular complexity index is 920. The van der Waals surface area contributed by atoms with Crippen molar-refractivity contribution in [2.45, 2.75) is 26.2 Å². The molecule has 0 aliphatic heterocycles. The summed E-state index contributed by atoms with van der Waals surface area (Å²) in [4.78, 5) is 16.0. The molecular weight excluding hydrogens is 324 g/mol. The number of hydrogen-bond donors (Lipinski definition) is 0. The summed E-state index contributed by atoms with van der Waals surface area (Å²) >= 11 is 0. The highest BCUT2D eigenvalue weighted by Crippen LogP contribution is 2.21. The van der Waals surface area contributed by atoms with Crippen LogP contribution in [0.5, 0.6) is 0 Å². The zero-order valence-electron chi connectivity index (χ0n) is 14.7. The molecule has 0 spiro atoms. The minimum Gasteiger partial charge on any atom is -0.462 e. The lowest BCUT2D eigenvalue weighted by atomic mass is 9.94. The Morgan fingerprint density at radius 2 is 2.12 bits per heavy atom. The topological polar surface area (TPSA) is 63.0 Å². The number of esters is 1. The maximum atomic E-state index is 11.9. The fourth-order valence-electron chi connectivity index (χ4n) is 3.00. The first-order chi connectivity index (χ1) is 12.7. The molecule has 0 atom stereocenters. The molecular formula is C22H20N2O2. The number of fused-ring (bicyclic) bond motifs is 1. The summed E-state index contributed by atoms with van der Waals surface area (Å²) in [5, 5.41) is 9.10. The first kappa shape index (κ1) is 17.6. The van der Waals surface area contributed by atoms with Gasteiger partial charge >= 0.3 is 5.97 Å². The Balaban J connectivity index is 1.83. The first-order valence-electron chi connectivity index (χ1n) is 8.71. The van der Waals surface area contributed by atoms with E-state index in [1.54, 1.807) is 13.1 Å². The van der Waals surface area contributed by atoms with Crippen molar-refractivity contribution in [1.29, 1.82) is 5.26 Å². The van der Waals surface area contributed by atoms with Crippen molar-refractivity contribution in [2.24, 2.45) is 0 Å². The third-order valence-electron chi connectivity index (χ3n) is 4.27. The number of nitrogens with zero attached hydrogens (tertiary/aromatic N) is 2. The van der Waals surface area contributed by atoms with Crippen LogP contribution in [0.15, 0.2) is 54.4 Å². The summed E-state index contributed by atoms with van der Waals surface area (Å²) < 4.78 is 5.03. The SMILES string of the molecule is CCOC(=O)c1cncc(Cc2ccc3c(c2)C=CC(C#N)=CCC3)c1. The third-order valence-corrected chi connectivity index (χ3v) is 4.27. The van der Waals surface area contributed by atoms with Crippen LogP contribution in [0.4, 0.5) is 0 Å². The lowest BCUT2D eigenvalue weighted by molar-refractivity contribution is 0.0525. The monoisotopic (exact) mass is 344 g/mol. The van der Waals surface area contributed by atoms with Gasteiger partial charge in [-0.05, 0) is 60.6 Å². The van der Waals surface area contributed by atoms with Crippen LogP contribution < -0.4 is 0 Å². The fourth-order valence-corrected chi connectivity index (χ4v) is 3.00. The predicted molar refractivity (Wildman–Crippen MR) is 100 cm³/mol. The van der Waals surface area contributed by atoms with Gasteiger partial charge in [0.25, 0.3) is 0 Å². The van der Waals surface area contributed by atoms with E-state index in [2.05, 4.69) is 29.3 Å². The molecule has 2 aromatic rings. The van der Waals surface area contributed by atoms with Crippen LogP contribution in [0.1, 0.15) is 46.0 Å². The first-order valence-corrected chi connectivity index (χ1v) is 8.71. The Morgan fingerprint density at radius 3 is 2.92 bits per heavy atom. The Morgan fingerprint density at radius 1 is 1.23 bits per heavy atom. The van der Waals surface area contributed by atoms with Crippen molar-refractivity contribution in [3.8, 4) is 6.07 Å². The van der Waals surface area contributed by atoms with Crippen LogP contribution in [0.3, 0.4) is 0 Å². The predicted octanol–water partition coefficient (Wildman–Crippen LogP) is 4.26. The van der Waals surface area contributed by atoms with Gasteiger partial charge in [0.2, 0.25) is 0 Å². The van der Waals surface area contributed by atoms with Crippen molar-refractivity contribution < 1.29 is 9.53 Å². The van der Waals surface area contributed by atoms with Gasteiger partial charge in [-0.1, -0.05) is 30.4 Å². The minimum atomic E-state index is -0.348. The maximum Gasteiger partial charge on any atom is 0.339 e. The van der Waals surface area contributed by atoms with Crippen molar-refractivity contribution in [3.05, 3.63) is 82.2 Å². The summed E-state index contributed by atoms with van der Waals surface area (Å²) in [6.07, 6.45) is 11.6. The lowest BCUT2D eigenvalue weighted by Crippen LogP contribution is -2.06. The summed E-state index contributed by atoms with van der Waals surface area (Å²) in [5.74, 6) is -0.348. The second kappa shape index (κ2) is 8.26. The summed E-state index contributed by atoms with van der Waals surface area (Å²) in [7, 11) is 0. The molecule has 4 heteroatoms. The van der Waals surface area contributed by atoms with Gasteiger partial charge in [0.15, 0.2) is 0 Å². The van der Waals surface area contributed by atoms with Gasteiger partial charge in [-0.3, -0.25) is 4.98 Å². The molecule has 0 fully saturated rings. The van der Waals surface area contributed by atoms with E-state index in [-0.39, 0.29) is 5.97 Å². The van der Waals surface area contributed by atoms with Gasteiger partial charge in [0.05, 0.1) is 18.2 Å². The lowest BCUT2D eigenvalue weighted by Gasteiger charge is -2.11. The van der Waals surface area contributed by atoms with Gasteiger partial charge in [-0.2, -0.15) is 5.26 Å². The molecule has 0 unspecified atom stereocenters. The third kappa shape index (κ3) is 4.25. The Hall–Kier alpha value is -3.19. The number of ether oxygens (including phenoxy) is 1. The van der Waals surface area contributed by atoms with Gasteiger partial charge in [0.1, 0.15) is 0 Å². The quantitative estimate of drug-likeness (QED) is 0.778. The van der Waals surface area contributed by atoms with Crippen molar-refractivity contribution in [3.63, 3.8) is 0 Å². The average molecular weight is 344 g/mol. The van der Waals surface area contributed by atoms with Crippen LogP contribution in [-0.4, -0.2) is 17.6 Å². The van der Waals surface area contributed by atoms with E-state index >= 15 is 0 Å². The van der Waals surface area contributed by atoms with Crippen molar-refractivity contribution in [2.75, 3.05) is 6.61 Å². The smallest absolute Gasteiger partial charge is 0.339 e. The molecule has 4 nitrogen and oxygen atoms in total. The number of rotatable bonds is 4. The van der Waals surface area contributed by atoms with Crippen LogP contribution in [0.2, 0.25) is 0 Å². The number of carbonyl (C=O) groups is 1. The fraction of sp³-hybridized carbons (Fsp3) is 0.227. The van der Waals surface area contributed by atoms with Crippen molar-refractivity contribution >= 4 is 12.0 Å². The van der Waals surface area contributed by atoms with E-state index in [1.165, 1.54) is 11.8 Å². The molecule has 130 valence electrons. The van der Waals surface area contributed by atoms with E-state index in [4.69, 9.17) is 10.00 Å².